The molecule has 24 heavy (non-hydrogen) atoms. The second-order valence-electron chi connectivity index (χ2n) is 9.36. The molecule has 4 aliphatic carbocycles. The summed E-state index contributed by atoms with van der Waals surface area (Å²) in [6.07, 6.45) is 11.8. The first kappa shape index (κ1) is 15.0. The van der Waals surface area contributed by atoms with Crippen molar-refractivity contribution in [2.45, 2.75) is 81.7 Å². The highest BCUT2D eigenvalue weighted by molar-refractivity contribution is 5.82. The third-order valence-electron chi connectivity index (χ3n) is 8.18. The average molecular weight is 331 g/mol. The number of hydrogen-bond donors (Lipinski definition) is 1. The van der Waals surface area contributed by atoms with Crippen molar-refractivity contribution in [2.24, 2.45) is 17.1 Å². The third kappa shape index (κ3) is 1.87. The van der Waals surface area contributed by atoms with E-state index in [-0.39, 0.29) is 22.4 Å². The largest absolute Gasteiger partial charge is 0.369 e. The molecule has 2 bridgehead atoms. The molecule has 2 N–H and O–H groups in total. The molecular formula is C19H29N3O2. The van der Waals surface area contributed by atoms with Gasteiger partial charge in [-0.2, -0.15) is 0 Å². The van der Waals surface area contributed by atoms with Gasteiger partial charge in [0.15, 0.2) is 0 Å². The Balaban J connectivity index is 1.40. The van der Waals surface area contributed by atoms with Crippen LogP contribution in [0.1, 0.15) is 70.6 Å². The van der Waals surface area contributed by atoms with Crippen LogP contribution in [0.2, 0.25) is 0 Å². The van der Waals surface area contributed by atoms with Crippen molar-refractivity contribution in [2.75, 3.05) is 13.1 Å². The molecular weight excluding hydrogens is 302 g/mol. The van der Waals surface area contributed by atoms with Gasteiger partial charge in [-0.15, -0.1) is 0 Å². The highest BCUT2D eigenvalue weighted by atomic mass is 16.2. The van der Waals surface area contributed by atoms with E-state index < -0.39 is 0 Å². The van der Waals surface area contributed by atoms with E-state index in [1.807, 2.05) is 0 Å². The molecule has 0 aromatic heterocycles. The zero-order valence-corrected chi connectivity index (χ0v) is 14.6. The number of rotatable bonds is 4. The third-order valence-corrected chi connectivity index (χ3v) is 8.18. The first-order valence-corrected chi connectivity index (χ1v) is 9.88. The minimum Gasteiger partial charge on any atom is -0.369 e. The molecule has 6 fully saturated rings. The van der Waals surface area contributed by atoms with Crippen molar-refractivity contribution < 1.29 is 9.59 Å². The average Bonchev–Trinajstić information content (AvgIpc) is 3.23. The lowest BCUT2D eigenvalue weighted by Gasteiger charge is -2.55. The summed E-state index contributed by atoms with van der Waals surface area (Å²) in [5.74, 6) is 0.741. The fourth-order valence-corrected chi connectivity index (χ4v) is 6.36. The first-order chi connectivity index (χ1) is 11.5. The fourth-order valence-electron chi connectivity index (χ4n) is 6.36. The maximum atomic E-state index is 13.2. The Kier molecular flexibility index (Phi) is 2.93. The van der Waals surface area contributed by atoms with Crippen LogP contribution in [0.3, 0.4) is 0 Å². The number of carbonyl (C=O) groups excluding carboxylic acids is 2. The van der Waals surface area contributed by atoms with E-state index in [1.165, 1.54) is 32.1 Å². The molecule has 132 valence electrons. The van der Waals surface area contributed by atoms with E-state index in [0.29, 0.717) is 6.03 Å². The lowest BCUT2D eigenvalue weighted by molar-refractivity contribution is -0.137. The van der Waals surface area contributed by atoms with E-state index >= 15 is 0 Å². The number of nitrogens with two attached hydrogens (primary N) is 1. The summed E-state index contributed by atoms with van der Waals surface area (Å²) in [5.41, 5.74) is 5.56. The summed E-state index contributed by atoms with van der Waals surface area (Å²) in [7, 11) is 0. The molecule has 1 atom stereocenters. The number of carbonyl (C=O) groups is 2. The molecule has 0 spiro atoms. The van der Waals surface area contributed by atoms with Gasteiger partial charge in [0, 0.05) is 24.0 Å². The number of hydrogen-bond acceptors (Lipinski definition) is 2. The van der Waals surface area contributed by atoms with Crippen molar-refractivity contribution in [1.29, 1.82) is 0 Å². The van der Waals surface area contributed by atoms with Crippen LogP contribution in [0, 0.1) is 11.3 Å². The predicted octanol–water partition coefficient (Wildman–Crippen LogP) is 2.63. The number of urea groups is 1. The quantitative estimate of drug-likeness (QED) is 0.860. The van der Waals surface area contributed by atoms with Crippen molar-refractivity contribution >= 4 is 11.9 Å². The normalized spacial score (nSPS) is 44.2. The Bertz CT molecular complexity index is 575. The van der Waals surface area contributed by atoms with Crippen LogP contribution in [0.15, 0.2) is 0 Å². The zero-order valence-electron chi connectivity index (χ0n) is 14.6. The molecule has 6 rings (SSSR count). The molecule has 6 aliphatic rings. The number of fused-ring (bicyclic) bond motifs is 4. The molecule has 0 radical (unpaired) electrons. The summed E-state index contributed by atoms with van der Waals surface area (Å²) in [5, 5.41) is 0. The molecule has 0 unspecified atom stereocenters. The standard InChI is InChI=1S/C19H29N3O2/c20-15(23)17-5-8-18(9-6-17,10-7-17)22-13-19(12-14-2-3-14)4-1-11-21(19)16(22)24/h14H,1-13H2,(H2,20,23)/t17?,18?,19-/m0/s1. The van der Waals surface area contributed by atoms with Crippen LogP contribution < -0.4 is 5.73 Å². The van der Waals surface area contributed by atoms with Crippen LogP contribution in [0.25, 0.3) is 0 Å². The Hall–Kier alpha value is -1.26. The molecule has 2 saturated heterocycles. The van der Waals surface area contributed by atoms with Gasteiger partial charge < -0.3 is 15.5 Å². The number of amides is 3. The number of primary amides is 1. The van der Waals surface area contributed by atoms with Gasteiger partial charge in [0.1, 0.15) is 0 Å². The predicted molar refractivity (Wildman–Crippen MR) is 90.2 cm³/mol. The van der Waals surface area contributed by atoms with Crippen LogP contribution in [0.5, 0.6) is 0 Å². The molecule has 0 aromatic carbocycles. The summed E-state index contributed by atoms with van der Waals surface area (Å²) in [6, 6.07) is 0.293. The lowest BCUT2D eigenvalue weighted by Crippen LogP contribution is -2.60. The fraction of sp³-hybridized carbons (Fsp3) is 0.895. The van der Waals surface area contributed by atoms with Crippen LogP contribution in [0.4, 0.5) is 4.79 Å². The minimum atomic E-state index is -0.271. The zero-order chi connectivity index (χ0) is 16.6. The monoisotopic (exact) mass is 331 g/mol. The van der Waals surface area contributed by atoms with E-state index in [9.17, 15) is 9.59 Å². The highest BCUT2D eigenvalue weighted by Gasteiger charge is 2.61. The topological polar surface area (TPSA) is 66.6 Å². The molecule has 5 heteroatoms. The molecule has 3 amide bonds. The second-order valence-corrected chi connectivity index (χ2v) is 9.36. The van der Waals surface area contributed by atoms with Gasteiger partial charge in [0.2, 0.25) is 5.91 Å². The van der Waals surface area contributed by atoms with Gasteiger partial charge >= 0.3 is 6.03 Å². The Labute approximate surface area is 143 Å². The van der Waals surface area contributed by atoms with Gasteiger partial charge in [-0.3, -0.25) is 4.79 Å². The molecule has 4 saturated carbocycles. The van der Waals surface area contributed by atoms with Gasteiger partial charge in [0.25, 0.3) is 0 Å². The Morgan fingerprint density at radius 2 is 1.71 bits per heavy atom. The van der Waals surface area contributed by atoms with E-state index in [4.69, 9.17) is 5.73 Å². The molecule has 5 nitrogen and oxygen atoms in total. The highest BCUT2D eigenvalue weighted by Crippen LogP contribution is 2.57. The van der Waals surface area contributed by atoms with Crippen molar-refractivity contribution in [3.63, 3.8) is 0 Å². The maximum Gasteiger partial charge on any atom is 0.321 e. The summed E-state index contributed by atoms with van der Waals surface area (Å²) >= 11 is 0. The van der Waals surface area contributed by atoms with Crippen molar-refractivity contribution in [3.05, 3.63) is 0 Å². The van der Waals surface area contributed by atoms with Crippen LogP contribution >= 0.6 is 0 Å². The minimum absolute atomic E-state index is 0.00910. The molecule has 2 heterocycles. The molecule has 0 aromatic rings. The van der Waals surface area contributed by atoms with Crippen LogP contribution in [-0.2, 0) is 4.79 Å². The lowest BCUT2D eigenvalue weighted by atomic mass is 9.56. The van der Waals surface area contributed by atoms with E-state index in [0.717, 1.165) is 57.5 Å². The number of nitrogens with zero attached hydrogens (tertiary/aromatic N) is 2. The Morgan fingerprint density at radius 1 is 1.04 bits per heavy atom. The van der Waals surface area contributed by atoms with E-state index in [2.05, 4.69) is 9.80 Å². The maximum absolute atomic E-state index is 13.2. The van der Waals surface area contributed by atoms with Gasteiger partial charge in [-0.25, -0.2) is 4.79 Å². The van der Waals surface area contributed by atoms with Crippen LogP contribution in [-0.4, -0.2) is 45.9 Å². The van der Waals surface area contributed by atoms with Gasteiger partial charge in [0.05, 0.1) is 5.54 Å². The SMILES string of the molecule is NC(=O)C12CCC(N3C[C@@]4(CC5CC5)CCCN4C3=O)(CC1)CC2. The summed E-state index contributed by atoms with van der Waals surface area (Å²) < 4.78 is 0. The smallest absolute Gasteiger partial charge is 0.321 e. The second kappa shape index (κ2) is 4.67. The molecule has 2 aliphatic heterocycles. The van der Waals surface area contributed by atoms with Gasteiger partial charge in [-0.1, -0.05) is 12.8 Å². The van der Waals surface area contributed by atoms with Crippen molar-refractivity contribution in [1.82, 2.24) is 9.80 Å². The van der Waals surface area contributed by atoms with E-state index in [1.54, 1.807) is 0 Å². The first-order valence-electron chi connectivity index (χ1n) is 9.88. The summed E-state index contributed by atoms with van der Waals surface area (Å²) in [4.78, 5) is 29.6. The summed E-state index contributed by atoms with van der Waals surface area (Å²) in [6.45, 7) is 1.88. The van der Waals surface area contributed by atoms with Crippen molar-refractivity contribution in [3.8, 4) is 0 Å². The Morgan fingerprint density at radius 3 is 2.29 bits per heavy atom. The van der Waals surface area contributed by atoms with Gasteiger partial charge in [-0.05, 0) is 63.7 Å².